The van der Waals surface area contributed by atoms with Gasteiger partial charge in [-0.2, -0.15) is 0 Å². The quantitative estimate of drug-likeness (QED) is 0.488. The molecule has 0 saturated carbocycles. The first kappa shape index (κ1) is 17.4. The lowest BCUT2D eigenvalue weighted by Gasteiger charge is -2.07. The molecule has 0 atom stereocenters. The van der Waals surface area contributed by atoms with Crippen LogP contribution in [0.15, 0.2) is 54.7 Å². The summed E-state index contributed by atoms with van der Waals surface area (Å²) in [6.45, 7) is 2.53. The molecule has 0 unspecified atom stereocenters. The van der Waals surface area contributed by atoms with Gasteiger partial charge < -0.3 is 14.5 Å². The lowest BCUT2D eigenvalue weighted by molar-refractivity contribution is 0.0520. The summed E-state index contributed by atoms with van der Waals surface area (Å²) in [6.07, 6.45) is 1.65. The molecular weight excluding hydrogens is 364 g/mol. The number of rotatable bonds is 5. The van der Waals surface area contributed by atoms with E-state index in [1.165, 1.54) is 0 Å². The molecule has 4 rings (SSSR count). The Morgan fingerprint density at radius 2 is 1.85 bits per heavy atom. The molecule has 0 aliphatic rings. The molecule has 4 aromatic rings. The number of hydrogen-bond acceptors (Lipinski definition) is 4. The highest BCUT2D eigenvalue weighted by molar-refractivity contribution is 6.30. The molecule has 27 heavy (non-hydrogen) atoms. The number of ether oxygens (including phenoxy) is 2. The van der Waals surface area contributed by atoms with Gasteiger partial charge in [-0.15, -0.1) is 0 Å². The molecule has 1 N–H and O–H groups in total. The van der Waals surface area contributed by atoms with E-state index >= 15 is 0 Å². The summed E-state index contributed by atoms with van der Waals surface area (Å²) in [5, 5.41) is 2.57. The van der Waals surface area contributed by atoms with E-state index in [9.17, 15) is 4.79 Å². The predicted molar refractivity (Wildman–Crippen MR) is 105 cm³/mol. The number of aromatic nitrogens is 2. The van der Waals surface area contributed by atoms with E-state index in [2.05, 4.69) is 9.97 Å². The van der Waals surface area contributed by atoms with Crippen molar-refractivity contribution in [3.63, 3.8) is 0 Å². The molecule has 0 amide bonds. The minimum absolute atomic E-state index is 0.290. The molecule has 2 aromatic heterocycles. The summed E-state index contributed by atoms with van der Waals surface area (Å²) in [6, 6.07) is 15.1. The van der Waals surface area contributed by atoms with Crippen molar-refractivity contribution in [1.82, 2.24) is 9.97 Å². The number of carbonyl (C=O) groups excluding carboxylic acids is 1. The largest absolute Gasteiger partial charge is 0.489 e. The number of pyridine rings is 1. The lowest BCUT2D eigenvalue weighted by atomic mass is 10.1. The average Bonchev–Trinajstić information content (AvgIpc) is 3.05. The molecule has 0 saturated heterocycles. The molecule has 2 aromatic carbocycles. The Labute approximate surface area is 160 Å². The van der Waals surface area contributed by atoms with Gasteiger partial charge in [0.25, 0.3) is 0 Å². The summed E-state index contributed by atoms with van der Waals surface area (Å²) in [5.41, 5.74) is 3.13. The van der Waals surface area contributed by atoms with Crippen LogP contribution in [0.2, 0.25) is 5.02 Å². The van der Waals surface area contributed by atoms with Gasteiger partial charge in [-0.1, -0.05) is 23.7 Å². The van der Waals surface area contributed by atoms with E-state index in [0.717, 1.165) is 33.1 Å². The van der Waals surface area contributed by atoms with Crippen LogP contribution < -0.4 is 4.74 Å². The van der Waals surface area contributed by atoms with E-state index in [0.29, 0.717) is 18.2 Å². The zero-order chi connectivity index (χ0) is 18.8. The number of nitrogens with one attached hydrogen (secondary N) is 1. The SMILES string of the molecule is CCOC(=O)c1cc2c(cn1)[nH]c1ccc(OCc3ccc(Cl)cc3)cc12. The first-order valence-corrected chi connectivity index (χ1v) is 8.97. The number of carbonyl (C=O) groups is 1. The highest BCUT2D eigenvalue weighted by atomic mass is 35.5. The van der Waals surface area contributed by atoms with Gasteiger partial charge in [0.15, 0.2) is 0 Å². The smallest absolute Gasteiger partial charge is 0.356 e. The monoisotopic (exact) mass is 380 g/mol. The third-order valence-corrected chi connectivity index (χ3v) is 4.51. The van der Waals surface area contributed by atoms with Gasteiger partial charge in [0.1, 0.15) is 18.1 Å². The van der Waals surface area contributed by atoms with Crippen molar-refractivity contribution >= 4 is 39.4 Å². The Morgan fingerprint density at radius 1 is 1.07 bits per heavy atom. The van der Waals surface area contributed by atoms with Gasteiger partial charge in [-0.3, -0.25) is 0 Å². The highest BCUT2D eigenvalue weighted by Crippen LogP contribution is 2.29. The average molecular weight is 381 g/mol. The van der Waals surface area contributed by atoms with Crippen LogP contribution >= 0.6 is 11.6 Å². The van der Waals surface area contributed by atoms with Gasteiger partial charge in [0, 0.05) is 21.3 Å². The van der Waals surface area contributed by atoms with Crippen molar-refractivity contribution in [2.75, 3.05) is 6.61 Å². The molecule has 6 heteroatoms. The van der Waals surface area contributed by atoms with Gasteiger partial charge in [-0.05, 0) is 48.9 Å². The number of benzene rings is 2. The maximum Gasteiger partial charge on any atom is 0.356 e. The molecule has 5 nitrogen and oxygen atoms in total. The summed E-state index contributed by atoms with van der Waals surface area (Å²) in [5.74, 6) is 0.316. The maximum atomic E-state index is 12.0. The summed E-state index contributed by atoms with van der Waals surface area (Å²) >= 11 is 5.91. The lowest BCUT2D eigenvalue weighted by Crippen LogP contribution is -2.06. The number of aromatic amines is 1. The molecule has 0 spiro atoms. The fourth-order valence-corrected chi connectivity index (χ4v) is 3.06. The molecule has 136 valence electrons. The number of hydrogen-bond donors (Lipinski definition) is 1. The van der Waals surface area contributed by atoms with Crippen LogP contribution in [0.4, 0.5) is 0 Å². The maximum absolute atomic E-state index is 12.0. The molecule has 2 heterocycles. The number of fused-ring (bicyclic) bond motifs is 3. The first-order valence-electron chi connectivity index (χ1n) is 8.60. The van der Waals surface area contributed by atoms with Gasteiger partial charge in [0.2, 0.25) is 0 Å². The molecular formula is C21H17ClN2O3. The van der Waals surface area contributed by atoms with Crippen molar-refractivity contribution in [2.24, 2.45) is 0 Å². The second kappa shape index (κ2) is 7.29. The minimum Gasteiger partial charge on any atom is -0.489 e. The van der Waals surface area contributed by atoms with Crippen molar-refractivity contribution < 1.29 is 14.3 Å². The first-order chi connectivity index (χ1) is 13.1. The van der Waals surface area contributed by atoms with Crippen LogP contribution in [-0.2, 0) is 11.3 Å². The summed E-state index contributed by atoms with van der Waals surface area (Å²) < 4.78 is 10.9. The Hall–Kier alpha value is -3.05. The molecule has 0 aliphatic heterocycles. The Kier molecular flexibility index (Phi) is 4.69. The fraction of sp³-hybridized carbons (Fsp3) is 0.143. The third-order valence-electron chi connectivity index (χ3n) is 4.26. The number of nitrogens with zero attached hydrogens (tertiary/aromatic N) is 1. The zero-order valence-corrected chi connectivity index (χ0v) is 15.4. The molecule has 0 aliphatic carbocycles. The van der Waals surface area contributed by atoms with E-state index in [4.69, 9.17) is 21.1 Å². The number of esters is 1. The predicted octanol–water partition coefficient (Wildman–Crippen LogP) is 5.13. The van der Waals surface area contributed by atoms with E-state index < -0.39 is 5.97 Å². The second-order valence-electron chi connectivity index (χ2n) is 6.08. The van der Waals surface area contributed by atoms with Crippen LogP contribution in [0, 0.1) is 0 Å². The van der Waals surface area contributed by atoms with Crippen LogP contribution in [0.5, 0.6) is 5.75 Å². The molecule has 0 radical (unpaired) electrons. The summed E-state index contributed by atoms with van der Waals surface area (Å²) in [7, 11) is 0. The van der Waals surface area contributed by atoms with Crippen LogP contribution in [0.3, 0.4) is 0 Å². The van der Waals surface area contributed by atoms with Gasteiger partial charge in [-0.25, -0.2) is 9.78 Å². The third kappa shape index (κ3) is 3.59. The molecule has 0 bridgehead atoms. The van der Waals surface area contributed by atoms with E-state index in [1.807, 2.05) is 42.5 Å². The Morgan fingerprint density at radius 3 is 2.63 bits per heavy atom. The van der Waals surface area contributed by atoms with Gasteiger partial charge >= 0.3 is 5.97 Å². The fourth-order valence-electron chi connectivity index (χ4n) is 2.93. The van der Waals surface area contributed by atoms with E-state index in [-0.39, 0.29) is 5.69 Å². The number of halogens is 1. The highest BCUT2D eigenvalue weighted by Gasteiger charge is 2.12. The van der Waals surface area contributed by atoms with Crippen LogP contribution in [0.1, 0.15) is 23.0 Å². The van der Waals surface area contributed by atoms with Crippen molar-refractivity contribution in [2.45, 2.75) is 13.5 Å². The van der Waals surface area contributed by atoms with Gasteiger partial charge in [0.05, 0.1) is 18.3 Å². The Balaban J connectivity index is 1.65. The van der Waals surface area contributed by atoms with Crippen molar-refractivity contribution in [1.29, 1.82) is 0 Å². The van der Waals surface area contributed by atoms with Crippen LogP contribution in [0.25, 0.3) is 21.8 Å². The topological polar surface area (TPSA) is 64.2 Å². The standard InChI is InChI=1S/C21H17ClN2O3/c1-2-26-21(25)19-10-17-16-9-15(7-8-18(16)24-20(17)11-23-19)27-12-13-3-5-14(22)6-4-13/h3-11,24H,2,12H2,1H3. The second-order valence-corrected chi connectivity index (χ2v) is 6.52. The van der Waals surface area contributed by atoms with Crippen LogP contribution in [-0.4, -0.2) is 22.5 Å². The number of H-pyrrole nitrogens is 1. The zero-order valence-electron chi connectivity index (χ0n) is 14.7. The normalized spacial score (nSPS) is 11.0. The Bertz CT molecular complexity index is 1120. The summed E-state index contributed by atoms with van der Waals surface area (Å²) in [4.78, 5) is 19.4. The van der Waals surface area contributed by atoms with Crippen molar-refractivity contribution in [3.05, 3.63) is 71.0 Å². The molecule has 0 fully saturated rings. The minimum atomic E-state index is -0.427. The van der Waals surface area contributed by atoms with E-state index in [1.54, 1.807) is 19.2 Å². The van der Waals surface area contributed by atoms with Crippen molar-refractivity contribution in [3.8, 4) is 5.75 Å².